The lowest BCUT2D eigenvalue weighted by molar-refractivity contribution is 0.174. The van der Waals surface area contributed by atoms with Crippen molar-refractivity contribution in [3.8, 4) is 33.8 Å². The maximum Gasteiger partial charge on any atom is 0.134 e. The molecule has 2 heterocycles. The van der Waals surface area contributed by atoms with Crippen LogP contribution in [-0.4, -0.2) is 20.8 Å². The van der Waals surface area contributed by atoms with E-state index in [0.29, 0.717) is 6.54 Å². The van der Waals surface area contributed by atoms with E-state index in [2.05, 4.69) is 11.1 Å². The van der Waals surface area contributed by atoms with E-state index in [4.69, 9.17) is 4.42 Å². The Hall–Kier alpha value is -3.11. The number of benzene rings is 2. The van der Waals surface area contributed by atoms with Crippen LogP contribution in [0, 0.1) is 0 Å². The fourth-order valence-corrected chi connectivity index (χ4v) is 3.23. The largest absolute Gasteiger partial charge is 0.464 e. The van der Waals surface area contributed by atoms with Gasteiger partial charge in [-0.15, -0.1) is 0 Å². The summed E-state index contributed by atoms with van der Waals surface area (Å²) < 4.78 is 7.65. The summed E-state index contributed by atoms with van der Waals surface area (Å²) >= 11 is 0. The number of hydrogen-bond acceptors (Lipinski definition) is 3. The minimum atomic E-state index is -0.470. The second-order valence-electron chi connectivity index (χ2n) is 6.33. The highest BCUT2D eigenvalue weighted by Crippen LogP contribution is 2.37. The van der Waals surface area contributed by atoms with Gasteiger partial charge in [0.05, 0.1) is 30.1 Å². The molecule has 0 radical (unpaired) electrons. The van der Waals surface area contributed by atoms with Crippen molar-refractivity contribution in [2.75, 3.05) is 0 Å². The summed E-state index contributed by atoms with van der Waals surface area (Å²) in [6, 6.07) is 22.1. The third-order valence-corrected chi connectivity index (χ3v) is 4.31. The number of aromatic nitrogens is 2. The minimum absolute atomic E-state index is 0.470. The van der Waals surface area contributed by atoms with Gasteiger partial charge in [-0.3, -0.25) is 0 Å². The number of aliphatic hydroxyl groups is 1. The molecule has 0 saturated carbocycles. The zero-order valence-corrected chi connectivity index (χ0v) is 14.5. The Morgan fingerprint density at radius 1 is 0.962 bits per heavy atom. The first-order chi connectivity index (χ1) is 12.7. The summed E-state index contributed by atoms with van der Waals surface area (Å²) in [5.41, 5.74) is 4.94. The molecular formula is C22H20N2O2. The average molecular weight is 344 g/mol. The molecule has 4 aromatic rings. The third-order valence-electron chi connectivity index (χ3n) is 4.31. The van der Waals surface area contributed by atoms with Gasteiger partial charge in [0, 0.05) is 23.2 Å². The fraction of sp³-hybridized carbons (Fsp3) is 0.136. The van der Waals surface area contributed by atoms with E-state index in [1.165, 1.54) is 0 Å². The second-order valence-corrected chi connectivity index (χ2v) is 6.33. The average Bonchev–Trinajstić information content (AvgIpc) is 3.32. The van der Waals surface area contributed by atoms with E-state index < -0.39 is 6.10 Å². The van der Waals surface area contributed by atoms with Gasteiger partial charge in [-0.1, -0.05) is 54.6 Å². The summed E-state index contributed by atoms with van der Waals surface area (Å²) in [6.45, 7) is 2.26. The first-order valence-electron chi connectivity index (χ1n) is 8.66. The SMILES string of the molecule is C[C@H](O)Cn1cnc(-c2ccccc2)c1-c1ccccc1-c1ccco1. The Balaban J connectivity index is 1.95. The highest BCUT2D eigenvalue weighted by atomic mass is 16.3. The van der Waals surface area contributed by atoms with Crippen molar-refractivity contribution >= 4 is 0 Å². The van der Waals surface area contributed by atoms with Gasteiger partial charge in [-0.2, -0.15) is 0 Å². The fourth-order valence-electron chi connectivity index (χ4n) is 3.23. The van der Waals surface area contributed by atoms with Crippen LogP contribution in [0.2, 0.25) is 0 Å². The van der Waals surface area contributed by atoms with Gasteiger partial charge in [0.2, 0.25) is 0 Å². The molecule has 0 aliphatic rings. The molecular weight excluding hydrogens is 324 g/mol. The van der Waals surface area contributed by atoms with Gasteiger partial charge >= 0.3 is 0 Å². The lowest BCUT2D eigenvalue weighted by Crippen LogP contribution is -2.12. The number of rotatable bonds is 5. The molecule has 0 bridgehead atoms. The molecule has 4 heteroatoms. The Labute approximate surface area is 152 Å². The molecule has 4 rings (SSSR count). The van der Waals surface area contributed by atoms with Crippen LogP contribution in [0.3, 0.4) is 0 Å². The molecule has 2 aromatic carbocycles. The number of nitrogens with zero attached hydrogens (tertiary/aromatic N) is 2. The van der Waals surface area contributed by atoms with E-state index in [-0.39, 0.29) is 0 Å². The highest BCUT2D eigenvalue weighted by Gasteiger charge is 2.19. The number of imidazole rings is 1. The van der Waals surface area contributed by atoms with Crippen molar-refractivity contribution in [3.63, 3.8) is 0 Å². The normalized spacial score (nSPS) is 12.2. The van der Waals surface area contributed by atoms with Gasteiger partial charge in [0.15, 0.2) is 0 Å². The molecule has 26 heavy (non-hydrogen) atoms. The van der Waals surface area contributed by atoms with Crippen LogP contribution in [0.5, 0.6) is 0 Å². The first kappa shape index (κ1) is 16.4. The predicted molar refractivity (Wildman–Crippen MR) is 102 cm³/mol. The number of aliphatic hydroxyl groups excluding tert-OH is 1. The predicted octanol–water partition coefficient (Wildman–Crippen LogP) is 4.86. The van der Waals surface area contributed by atoms with E-state index >= 15 is 0 Å². The van der Waals surface area contributed by atoms with Gasteiger partial charge in [0.25, 0.3) is 0 Å². The van der Waals surface area contributed by atoms with Crippen molar-refractivity contribution in [1.82, 2.24) is 9.55 Å². The summed E-state index contributed by atoms with van der Waals surface area (Å²) in [4.78, 5) is 4.66. The van der Waals surface area contributed by atoms with Crippen LogP contribution in [0.15, 0.2) is 83.7 Å². The molecule has 130 valence electrons. The molecule has 2 aromatic heterocycles. The zero-order chi connectivity index (χ0) is 17.9. The topological polar surface area (TPSA) is 51.2 Å². The molecule has 1 atom stereocenters. The van der Waals surface area contributed by atoms with E-state index in [9.17, 15) is 5.11 Å². The van der Waals surface area contributed by atoms with Crippen LogP contribution in [0.4, 0.5) is 0 Å². The van der Waals surface area contributed by atoms with Crippen LogP contribution < -0.4 is 0 Å². The lowest BCUT2D eigenvalue weighted by atomic mass is 9.98. The molecule has 0 aliphatic carbocycles. The van der Waals surface area contributed by atoms with E-state index in [0.717, 1.165) is 33.8 Å². The standard InChI is InChI=1S/C22H20N2O2/c1-16(25)14-24-15-23-21(17-8-3-2-4-9-17)22(24)19-11-6-5-10-18(19)20-12-7-13-26-20/h2-13,15-16,25H,14H2,1H3/t16-/m0/s1. The van der Waals surface area contributed by atoms with Crippen LogP contribution in [0.25, 0.3) is 33.8 Å². The Morgan fingerprint density at radius 3 is 2.38 bits per heavy atom. The quantitative estimate of drug-likeness (QED) is 0.562. The van der Waals surface area contributed by atoms with Crippen molar-refractivity contribution < 1.29 is 9.52 Å². The number of hydrogen-bond donors (Lipinski definition) is 1. The Morgan fingerprint density at radius 2 is 1.69 bits per heavy atom. The monoisotopic (exact) mass is 344 g/mol. The molecule has 0 fully saturated rings. The lowest BCUT2D eigenvalue weighted by Gasteiger charge is -2.14. The van der Waals surface area contributed by atoms with Crippen LogP contribution >= 0.6 is 0 Å². The van der Waals surface area contributed by atoms with Crippen LogP contribution in [-0.2, 0) is 6.54 Å². The molecule has 1 N–H and O–H groups in total. The zero-order valence-electron chi connectivity index (χ0n) is 14.5. The smallest absolute Gasteiger partial charge is 0.134 e. The number of furan rings is 1. The Bertz CT molecular complexity index is 986. The summed E-state index contributed by atoms with van der Waals surface area (Å²) in [5, 5.41) is 9.94. The van der Waals surface area contributed by atoms with Crippen molar-refractivity contribution in [3.05, 3.63) is 79.3 Å². The summed E-state index contributed by atoms with van der Waals surface area (Å²) in [5.74, 6) is 0.810. The molecule has 0 saturated heterocycles. The van der Waals surface area contributed by atoms with Crippen molar-refractivity contribution in [2.45, 2.75) is 19.6 Å². The highest BCUT2D eigenvalue weighted by molar-refractivity contribution is 5.87. The maximum atomic E-state index is 9.94. The molecule has 4 nitrogen and oxygen atoms in total. The van der Waals surface area contributed by atoms with E-state index in [1.54, 1.807) is 19.5 Å². The van der Waals surface area contributed by atoms with Gasteiger partial charge < -0.3 is 14.1 Å². The summed E-state index contributed by atoms with van der Waals surface area (Å²) in [6.07, 6.45) is 3.00. The van der Waals surface area contributed by atoms with Crippen molar-refractivity contribution in [1.29, 1.82) is 0 Å². The maximum absolute atomic E-state index is 9.94. The van der Waals surface area contributed by atoms with Crippen LogP contribution in [0.1, 0.15) is 6.92 Å². The van der Waals surface area contributed by atoms with Crippen molar-refractivity contribution in [2.24, 2.45) is 0 Å². The minimum Gasteiger partial charge on any atom is -0.464 e. The molecule has 0 unspecified atom stereocenters. The van der Waals surface area contributed by atoms with Gasteiger partial charge in [-0.05, 0) is 19.1 Å². The van der Waals surface area contributed by atoms with Gasteiger partial charge in [-0.25, -0.2) is 4.98 Å². The summed E-state index contributed by atoms with van der Waals surface area (Å²) in [7, 11) is 0. The first-order valence-corrected chi connectivity index (χ1v) is 8.66. The van der Waals surface area contributed by atoms with E-state index in [1.807, 2.05) is 65.2 Å². The molecule has 0 spiro atoms. The molecule has 0 aliphatic heterocycles. The Kier molecular flexibility index (Phi) is 4.42. The van der Waals surface area contributed by atoms with Gasteiger partial charge in [0.1, 0.15) is 5.76 Å². The molecule has 0 amide bonds. The second kappa shape index (κ2) is 7.02. The third kappa shape index (κ3) is 3.07.